The third kappa shape index (κ3) is 4.20. The second-order valence-corrected chi connectivity index (χ2v) is 5.06. The molecule has 110 valence electrons. The minimum atomic E-state index is -0.360. The van der Waals surface area contributed by atoms with E-state index in [4.69, 9.17) is 9.47 Å². The zero-order chi connectivity index (χ0) is 14.5. The molecule has 0 saturated heterocycles. The number of methoxy groups -OCH3 is 1. The first kappa shape index (κ1) is 14.8. The van der Waals surface area contributed by atoms with Gasteiger partial charge < -0.3 is 14.8 Å². The minimum absolute atomic E-state index is 0.281. The molecule has 1 aromatic rings. The van der Waals surface area contributed by atoms with Crippen LogP contribution >= 0.6 is 0 Å². The average molecular weight is 281 g/mol. The maximum Gasteiger partial charge on any atom is 0.322 e. The molecule has 0 amide bonds. The smallest absolute Gasteiger partial charge is 0.322 e. The standard InChI is InChI=1S/C15H20FNO3/c1-10-3-4-11(16)9-14(10)20-8-7-13(15(18)19-2)17-12-5-6-12/h3-4,9,12-13,17H,5-8H2,1-2H3. The Morgan fingerprint density at radius 2 is 2.25 bits per heavy atom. The second-order valence-electron chi connectivity index (χ2n) is 5.06. The van der Waals surface area contributed by atoms with Crippen molar-refractivity contribution in [2.24, 2.45) is 0 Å². The molecule has 1 aliphatic rings. The van der Waals surface area contributed by atoms with Crippen molar-refractivity contribution in [2.45, 2.75) is 38.3 Å². The SMILES string of the molecule is COC(=O)C(CCOc1cc(F)ccc1C)NC1CC1. The number of halogens is 1. The van der Waals surface area contributed by atoms with Gasteiger partial charge in [0.1, 0.15) is 17.6 Å². The van der Waals surface area contributed by atoms with Crippen molar-refractivity contribution in [3.8, 4) is 5.75 Å². The zero-order valence-corrected chi connectivity index (χ0v) is 11.8. The lowest BCUT2D eigenvalue weighted by Crippen LogP contribution is -2.40. The van der Waals surface area contributed by atoms with Crippen molar-refractivity contribution in [3.05, 3.63) is 29.6 Å². The third-order valence-corrected chi connectivity index (χ3v) is 3.31. The molecule has 0 aromatic heterocycles. The first-order valence-corrected chi connectivity index (χ1v) is 6.83. The van der Waals surface area contributed by atoms with Crippen LogP contribution in [0.15, 0.2) is 18.2 Å². The van der Waals surface area contributed by atoms with Gasteiger partial charge in [-0.3, -0.25) is 4.79 Å². The number of hydrogen-bond acceptors (Lipinski definition) is 4. The largest absolute Gasteiger partial charge is 0.493 e. The molecule has 5 heteroatoms. The lowest BCUT2D eigenvalue weighted by Gasteiger charge is -2.17. The van der Waals surface area contributed by atoms with Crippen LogP contribution in [0.3, 0.4) is 0 Å². The van der Waals surface area contributed by atoms with Crippen molar-refractivity contribution in [1.82, 2.24) is 5.32 Å². The highest BCUT2D eigenvalue weighted by Crippen LogP contribution is 2.21. The fourth-order valence-electron chi connectivity index (χ4n) is 1.96. The second kappa shape index (κ2) is 6.70. The fourth-order valence-corrected chi connectivity index (χ4v) is 1.96. The van der Waals surface area contributed by atoms with Crippen LogP contribution in [-0.2, 0) is 9.53 Å². The van der Waals surface area contributed by atoms with E-state index in [9.17, 15) is 9.18 Å². The third-order valence-electron chi connectivity index (χ3n) is 3.31. The first-order valence-electron chi connectivity index (χ1n) is 6.83. The number of rotatable bonds is 7. The number of nitrogens with one attached hydrogen (secondary N) is 1. The van der Waals surface area contributed by atoms with E-state index < -0.39 is 0 Å². The zero-order valence-electron chi connectivity index (χ0n) is 11.8. The topological polar surface area (TPSA) is 47.6 Å². The van der Waals surface area contributed by atoms with Gasteiger partial charge in [0.25, 0.3) is 0 Å². The number of aryl methyl sites for hydroxylation is 1. The molecule has 1 N–H and O–H groups in total. The van der Waals surface area contributed by atoms with Gasteiger partial charge in [-0.05, 0) is 31.4 Å². The summed E-state index contributed by atoms with van der Waals surface area (Å²) < 4.78 is 23.5. The van der Waals surface area contributed by atoms with Gasteiger partial charge in [0.15, 0.2) is 0 Å². The monoisotopic (exact) mass is 281 g/mol. The molecule has 1 fully saturated rings. The Bertz CT molecular complexity index is 474. The summed E-state index contributed by atoms with van der Waals surface area (Å²) in [5.74, 6) is -0.0947. The average Bonchev–Trinajstić information content (AvgIpc) is 3.24. The lowest BCUT2D eigenvalue weighted by molar-refractivity contribution is -0.143. The van der Waals surface area contributed by atoms with Crippen LogP contribution in [-0.4, -0.2) is 31.8 Å². The number of carbonyl (C=O) groups is 1. The molecule has 0 bridgehead atoms. The van der Waals surface area contributed by atoms with E-state index in [1.807, 2.05) is 6.92 Å². The summed E-state index contributed by atoms with van der Waals surface area (Å²) in [5, 5.41) is 3.23. The summed E-state index contributed by atoms with van der Waals surface area (Å²) in [5.41, 5.74) is 0.871. The van der Waals surface area contributed by atoms with Crippen molar-refractivity contribution in [1.29, 1.82) is 0 Å². The van der Waals surface area contributed by atoms with Gasteiger partial charge >= 0.3 is 5.97 Å². The van der Waals surface area contributed by atoms with E-state index in [0.29, 0.717) is 24.8 Å². The number of carbonyl (C=O) groups excluding carboxylic acids is 1. The van der Waals surface area contributed by atoms with Gasteiger partial charge in [0, 0.05) is 18.5 Å². The Morgan fingerprint density at radius 1 is 1.50 bits per heavy atom. The van der Waals surface area contributed by atoms with Gasteiger partial charge in [0.05, 0.1) is 13.7 Å². The molecule has 0 spiro atoms. The summed E-state index contributed by atoms with van der Waals surface area (Å²) in [4.78, 5) is 11.6. The summed E-state index contributed by atoms with van der Waals surface area (Å²) in [6, 6.07) is 4.48. The van der Waals surface area contributed by atoms with E-state index >= 15 is 0 Å². The van der Waals surface area contributed by atoms with E-state index in [1.54, 1.807) is 6.07 Å². The van der Waals surface area contributed by atoms with Crippen LogP contribution in [0.1, 0.15) is 24.8 Å². The molecule has 2 rings (SSSR count). The minimum Gasteiger partial charge on any atom is -0.493 e. The Hall–Kier alpha value is -1.62. The van der Waals surface area contributed by atoms with Crippen LogP contribution in [0, 0.1) is 12.7 Å². The molecule has 1 saturated carbocycles. The highest BCUT2D eigenvalue weighted by molar-refractivity contribution is 5.75. The van der Waals surface area contributed by atoms with Gasteiger partial charge in [0.2, 0.25) is 0 Å². The fraction of sp³-hybridized carbons (Fsp3) is 0.533. The summed E-state index contributed by atoms with van der Waals surface area (Å²) in [6.07, 6.45) is 2.69. The van der Waals surface area contributed by atoms with E-state index in [-0.39, 0.29) is 17.8 Å². The number of hydrogen-bond donors (Lipinski definition) is 1. The predicted molar refractivity (Wildman–Crippen MR) is 73.2 cm³/mol. The quantitative estimate of drug-likeness (QED) is 0.778. The number of esters is 1. The molecular formula is C15H20FNO3. The van der Waals surface area contributed by atoms with E-state index in [1.165, 1.54) is 19.2 Å². The Balaban J connectivity index is 1.85. The summed E-state index contributed by atoms with van der Waals surface area (Å²) in [7, 11) is 1.38. The van der Waals surface area contributed by atoms with Crippen LogP contribution in [0.4, 0.5) is 4.39 Å². The Labute approximate surface area is 118 Å². The first-order chi connectivity index (χ1) is 9.60. The van der Waals surface area contributed by atoms with Crippen molar-refractivity contribution in [3.63, 3.8) is 0 Å². The highest BCUT2D eigenvalue weighted by atomic mass is 19.1. The van der Waals surface area contributed by atoms with Crippen molar-refractivity contribution in [2.75, 3.05) is 13.7 Å². The van der Waals surface area contributed by atoms with Crippen molar-refractivity contribution >= 4 is 5.97 Å². The molecule has 0 heterocycles. The maximum absolute atomic E-state index is 13.1. The Morgan fingerprint density at radius 3 is 2.90 bits per heavy atom. The number of benzene rings is 1. The van der Waals surface area contributed by atoms with Crippen LogP contribution in [0.5, 0.6) is 5.75 Å². The molecule has 1 aromatic carbocycles. The highest BCUT2D eigenvalue weighted by Gasteiger charge is 2.28. The van der Waals surface area contributed by atoms with Crippen LogP contribution in [0.25, 0.3) is 0 Å². The predicted octanol–water partition coefficient (Wildman–Crippen LogP) is 2.20. The van der Waals surface area contributed by atoms with E-state index in [0.717, 1.165) is 18.4 Å². The molecule has 1 atom stereocenters. The molecular weight excluding hydrogens is 261 g/mol. The van der Waals surface area contributed by atoms with Crippen LogP contribution < -0.4 is 10.1 Å². The molecule has 1 aliphatic carbocycles. The number of ether oxygens (including phenoxy) is 2. The normalized spacial score (nSPS) is 15.8. The van der Waals surface area contributed by atoms with E-state index in [2.05, 4.69) is 5.32 Å². The van der Waals surface area contributed by atoms with Crippen molar-refractivity contribution < 1.29 is 18.7 Å². The molecule has 0 aliphatic heterocycles. The van der Waals surface area contributed by atoms with Crippen LogP contribution in [0.2, 0.25) is 0 Å². The molecule has 1 unspecified atom stereocenters. The lowest BCUT2D eigenvalue weighted by atomic mass is 10.2. The van der Waals surface area contributed by atoms with Gasteiger partial charge in [-0.15, -0.1) is 0 Å². The maximum atomic E-state index is 13.1. The summed E-state index contributed by atoms with van der Waals surface area (Å²) in [6.45, 7) is 2.19. The molecule has 0 radical (unpaired) electrons. The Kier molecular flexibility index (Phi) is 4.95. The van der Waals surface area contributed by atoms with Gasteiger partial charge in [-0.2, -0.15) is 0 Å². The summed E-state index contributed by atoms with van der Waals surface area (Å²) >= 11 is 0. The molecule has 20 heavy (non-hydrogen) atoms. The van der Waals surface area contributed by atoms with Gasteiger partial charge in [-0.25, -0.2) is 4.39 Å². The van der Waals surface area contributed by atoms with Gasteiger partial charge in [-0.1, -0.05) is 6.07 Å². The molecule has 4 nitrogen and oxygen atoms in total.